The van der Waals surface area contributed by atoms with Crippen LogP contribution < -0.4 is 9.47 Å². The molecule has 36 heavy (non-hydrogen) atoms. The Morgan fingerprint density at radius 3 is 2.06 bits per heavy atom. The molecule has 9 heteroatoms. The van der Waals surface area contributed by atoms with Gasteiger partial charge in [-0.05, 0) is 48.5 Å². The maximum Gasteiger partial charge on any atom is 0.417 e. The maximum atomic E-state index is 13.9. The van der Waals surface area contributed by atoms with E-state index < -0.39 is 11.7 Å². The molecule has 3 aromatic carbocycles. The van der Waals surface area contributed by atoms with Crippen LogP contribution in [0, 0.1) is 11.8 Å². The molecule has 6 nitrogen and oxygen atoms in total. The van der Waals surface area contributed by atoms with Crippen LogP contribution in [0.3, 0.4) is 0 Å². The van der Waals surface area contributed by atoms with Gasteiger partial charge in [-0.15, -0.1) is 0 Å². The zero-order valence-electron chi connectivity index (χ0n) is 19.3. The van der Waals surface area contributed by atoms with Gasteiger partial charge in [-0.3, -0.25) is 0 Å². The largest absolute Gasteiger partial charge is 0.467 e. The minimum atomic E-state index is -4.68. The summed E-state index contributed by atoms with van der Waals surface area (Å²) in [5, 5.41) is 0. The van der Waals surface area contributed by atoms with Crippen LogP contribution in [-0.2, 0) is 10.9 Å². The van der Waals surface area contributed by atoms with Gasteiger partial charge in [0.1, 0.15) is 5.75 Å². The van der Waals surface area contributed by atoms with Gasteiger partial charge in [-0.25, -0.2) is 4.98 Å². The van der Waals surface area contributed by atoms with Crippen molar-refractivity contribution in [3.63, 3.8) is 0 Å². The van der Waals surface area contributed by atoms with Crippen molar-refractivity contribution >= 4 is 0 Å². The fourth-order valence-electron chi connectivity index (χ4n) is 3.30. The molecule has 0 saturated carbocycles. The first kappa shape index (κ1) is 24.7. The quantitative estimate of drug-likeness (QED) is 0.258. The molecule has 0 N–H and O–H groups in total. The summed E-state index contributed by atoms with van der Waals surface area (Å²) in [4.78, 5) is 12.6. The molecule has 0 aliphatic rings. The lowest BCUT2D eigenvalue weighted by molar-refractivity contribution is -0.137. The Balaban J connectivity index is 1.76. The van der Waals surface area contributed by atoms with E-state index in [0.717, 1.165) is 17.2 Å². The summed E-state index contributed by atoms with van der Waals surface area (Å²) in [6.07, 6.45) is -4.68. The monoisotopic (exact) mass is 491 g/mol. The van der Waals surface area contributed by atoms with Crippen LogP contribution in [0.1, 0.15) is 16.7 Å². The molecule has 4 aromatic rings. The van der Waals surface area contributed by atoms with E-state index in [2.05, 4.69) is 26.8 Å². The highest BCUT2D eigenvalue weighted by Gasteiger charge is 2.36. The highest BCUT2D eigenvalue weighted by Crippen LogP contribution is 2.41. The van der Waals surface area contributed by atoms with Crippen molar-refractivity contribution in [1.29, 1.82) is 0 Å². The van der Waals surface area contributed by atoms with E-state index in [1.807, 2.05) is 30.3 Å². The molecule has 182 valence electrons. The topological polar surface area (TPSA) is 66.4 Å². The van der Waals surface area contributed by atoms with Crippen molar-refractivity contribution < 1.29 is 27.4 Å². The Kier molecular flexibility index (Phi) is 7.47. The zero-order chi connectivity index (χ0) is 25.5. The molecule has 0 radical (unpaired) electrons. The minimum Gasteiger partial charge on any atom is -0.467 e. The van der Waals surface area contributed by atoms with E-state index in [9.17, 15) is 13.2 Å². The second-order valence-corrected chi connectivity index (χ2v) is 7.39. The average Bonchev–Trinajstić information content (AvgIpc) is 2.90. The van der Waals surface area contributed by atoms with Crippen molar-refractivity contribution in [3.8, 4) is 46.4 Å². The molecule has 0 spiro atoms. The highest BCUT2D eigenvalue weighted by molar-refractivity contribution is 5.71. The fraction of sp³-hybridized carbons (Fsp3) is 0.148. The molecule has 0 atom stereocenters. The average molecular weight is 491 g/mol. The molecule has 4 rings (SSSR count). The van der Waals surface area contributed by atoms with Crippen molar-refractivity contribution in [2.24, 2.45) is 0 Å². The molecule has 1 aromatic heterocycles. The van der Waals surface area contributed by atoms with Gasteiger partial charge in [0.05, 0.1) is 18.2 Å². The Bertz CT molecular complexity index is 1400. The Morgan fingerprint density at radius 1 is 0.750 bits per heavy atom. The molecular weight excluding hydrogens is 471 g/mol. The SMILES string of the molecule is COCOc1cccc(C(F)(F)F)c1-c1nc(OC)nc(-c2ccc(C#Cc3ccccc3)cc2)n1. The summed E-state index contributed by atoms with van der Waals surface area (Å²) in [5.41, 5.74) is 0.881. The number of hydrogen-bond acceptors (Lipinski definition) is 6. The molecule has 1 heterocycles. The number of rotatable bonds is 6. The highest BCUT2D eigenvalue weighted by atomic mass is 19.4. The standard InChI is InChI=1S/C27H20F3N3O3/c1-34-17-36-22-10-6-9-21(27(28,29)30)23(22)25-31-24(32-26(33-25)35-2)20-15-13-19(14-16-20)12-11-18-7-4-3-5-8-18/h3-10,13-16H,17H2,1-2H3. The third-order valence-electron chi connectivity index (χ3n) is 4.95. The van der Waals surface area contributed by atoms with E-state index in [-0.39, 0.29) is 35.8 Å². The number of alkyl halides is 3. The van der Waals surface area contributed by atoms with Gasteiger partial charge in [-0.1, -0.05) is 36.1 Å². The van der Waals surface area contributed by atoms with Crippen LogP contribution in [0.5, 0.6) is 11.8 Å². The molecule has 0 fully saturated rings. The number of methoxy groups -OCH3 is 2. The lowest BCUT2D eigenvalue weighted by Gasteiger charge is -2.17. The first-order chi connectivity index (χ1) is 17.4. The van der Waals surface area contributed by atoms with Gasteiger partial charge in [0.25, 0.3) is 0 Å². The molecule has 0 aliphatic carbocycles. The fourth-order valence-corrected chi connectivity index (χ4v) is 3.30. The number of aromatic nitrogens is 3. The normalized spacial score (nSPS) is 10.9. The van der Waals surface area contributed by atoms with Gasteiger partial charge in [-0.2, -0.15) is 23.1 Å². The number of nitrogens with zero attached hydrogens (tertiary/aromatic N) is 3. The van der Waals surface area contributed by atoms with E-state index >= 15 is 0 Å². The van der Waals surface area contributed by atoms with Crippen molar-refractivity contribution in [2.75, 3.05) is 21.0 Å². The van der Waals surface area contributed by atoms with Gasteiger partial charge in [0.15, 0.2) is 18.4 Å². The van der Waals surface area contributed by atoms with Crippen molar-refractivity contribution in [2.45, 2.75) is 6.18 Å². The summed E-state index contributed by atoms with van der Waals surface area (Å²) in [7, 11) is 2.69. The number of halogens is 3. The Morgan fingerprint density at radius 2 is 1.42 bits per heavy atom. The van der Waals surface area contributed by atoms with Crippen LogP contribution in [0.2, 0.25) is 0 Å². The Labute approximate surface area is 205 Å². The number of hydrogen-bond donors (Lipinski definition) is 0. The Hall–Kier alpha value is -4.42. The lowest BCUT2D eigenvalue weighted by Crippen LogP contribution is -2.11. The third kappa shape index (κ3) is 5.79. The van der Waals surface area contributed by atoms with Gasteiger partial charge in [0.2, 0.25) is 0 Å². The van der Waals surface area contributed by atoms with E-state index in [4.69, 9.17) is 14.2 Å². The van der Waals surface area contributed by atoms with E-state index in [1.54, 1.807) is 24.3 Å². The predicted octanol–water partition coefficient (Wildman–Crippen LogP) is 5.62. The van der Waals surface area contributed by atoms with Gasteiger partial charge >= 0.3 is 12.2 Å². The van der Waals surface area contributed by atoms with Gasteiger partial charge < -0.3 is 14.2 Å². The first-order valence-corrected chi connectivity index (χ1v) is 10.7. The molecule has 0 bridgehead atoms. The van der Waals surface area contributed by atoms with Crippen molar-refractivity contribution in [1.82, 2.24) is 15.0 Å². The zero-order valence-corrected chi connectivity index (χ0v) is 19.3. The molecule has 0 aliphatic heterocycles. The van der Waals surface area contributed by atoms with Crippen LogP contribution in [-0.4, -0.2) is 36.0 Å². The van der Waals surface area contributed by atoms with Crippen LogP contribution >= 0.6 is 0 Å². The second-order valence-electron chi connectivity index (χ2n) is 7.39. The molecule has 0 saturated heterocycles. The summed E-state index contributed by atoms with van der Waals surface area (Å²) >= 11 is 0. The second kappa shape index (κ2) is 10.9. The predicted molar refractivity (Wildman–Crippen MR) is 127 cm³/mol. The summed E-state index contributed by atoms with van der Waals surface area (Å²) in [6.45, 7) is -0.255. The summed E-state index contributed by atoms with van der Waals surface area (Å²) < 4.78 is 57.1. The maximum absolute atomic E-state index is 13.9. The van der Waals surface area contributed by atoms with Crippen LogP contribution in [0.25, 0.3) is 22.8 Å². The van der Waals surface area contributed by atoms with E-state index in [0.29, 0.717) is 5.56 Å². The summed E-state index contributed by atoms with van der Waals surface area (Å²) in [5.74, 6) is 5.94. The van der Waals surface area contributed by atoms with Crippen molar-refractivity contribution in [3.05, 3.63) is 89.5 Å². The third-order valence-corrected chi connectivity index (χ3v) is 4.95. The lowest BCUT2D eigenvalue weighted by atomic mass is 10.0. The first-order valence-electron chi connectivity index (χ1n) is 10.7. The summed E-state index contributed by atoms with van der Waals surface area (Å²) in [6, 6.07) is 20.0. The molecule has 0 amide bonds. The number of benzene rings is 3. The molecule has 0 unspecified atom stereocenters. The van der Waals surface area contributed by atoms with Gasteiger partial charge in [0, 0.05) is 23.8 Å². The minimum absolute atomic E-state index is 0.0857. The number of ether oxygens (including phenoxy) is 3. The van der Waals surface area contributed by atoms with Crippen LogP contribution in [0.15, 0.2) is 72.8 Å². The molecular formula is C27H20F3N3O3. The van der Waals surface area contributed by atoms with E-state index in [1.165, 1.54) is 26.4 Å². The smallest absolute Gasteiger partial charge is 0.417 e. The van der Waals surface area contributed by atoms with Crippen LogP contribution in [0.4, 0.5) is 13.2 Å².